The molecule has 0 aromatic heterocycles. The highest BCUT2D eigenvalue weighted by atomic mass is 16.5. The molecule has 1 saturated heterocycles. The average molecular weight is 337 g/mol. The summed E-state index contributed by atoms with van der Waals surface area (Å²) in [4.78, 5) is 26.8. The zero-order valence-corrected chi connectivity index (χ0v) is 16.0. The maximum absolute atomic E-state index is 12.6. The van der Waals surface area contributed by atoms with Crippen LogP contribution < -0.4 is 0 Å². The lowest BCUT2D eigenvalue weighted by atomic mass is 10.1. The Balaban J connectivity index is 1.94. The number of nitrogens with zero attached hydrogens (tertiary/aromatic N) is 1. The molecular formula is C19H31NO4. The number of ether oxygens (including phenoxy) is 2. The van der Waals surface area contributed by atoms with Crippen LogP contribution in [0.1, 0.15) is 48.5 Å². The molecule has 2 rings (SSSR count). The molecule has 24 heavy (non-hydrogen) atoms. The number of amides is 1. The molecule has 1 heterocycles. The second-order valence-electron chi connectivity index (χ2n) is 8.15. The van der Waals surface area contributed by atoms with Crippen LogP contribution in [0.2, 0.25) is 0 Å². The van der Waals surface area contributed by atoms with Crippen molar-refractivity contribution >= 4 is 11.9 Å². The predicted molar refractivity (Wildman–Crippen MR) is 92.3 cm³/mol. The summed E-state index contributed by atoms with van der Waals surface area (Å²) in [5, 5.41) is 0. The second-order valence-corrected chi connectivity index (χ2v) is 8.15. The molecule has 0 unspecified atom stereocenters. The van der Waals surface area contributed by atoms with Crippen LogP contribution in [0.4, 0.5) is 0 Å². The van der Waals surface area contributed by atoms with E-state index in [0.717, 1.165) is 0 Å². The van der Waals surface area contributed by atoms with Gasteiger partial charge in [0.15, 0.2) is 6.10 Å². The fraction of sp³-hybridized carbons (Fsp3) is 0.789. The fourth-order valence-electron chi connectivity index (χ4n) is 3.71. The summed E-state index contributed by atoms with van der Waals surface area (Å²) in [6.45, 7) is 14.8. The number of rotatable bonds is 4. The molecule has 5 heteroatoms. The first kappa shape index (κ1) is 19.0. The van der Waals surface area contributed by atoms with Crippen LogP contribution in [0, 0.1) is 17.3 Å². The monoisotopic (exact) mass is 337 g/mol. The molecule has 0 bridgehead atoms. The molecule has 0 aromatic rings. The van der Waals surface area contributed by atoms with Crippen LogP contribution in [0.3, 0.4) is 0 Å². The van der Waals surface area contributed by atoms with Gasteiger partial charge in [-0.2, -0.15) is 0 Å². The van der Waals surface area contributed by atoms with E-state index in [4.69, 9.17) is 9.47 Å². The third-order valence-corrected chi connectivity index (χ3v) is 5.05. The van der Waals surface area contributed by atoms with E-state index >= 15 is 0 Å². The lowest BCUT2D eigenvalue weighted by Gasteiger charge is -2.36. The van der Waals surface area contributed by atoms with Gasteiger partial charge in [-0.15, -0.1) is 0 Å². The van der Waals surface area contributed by atoms with Crippen molar-refractivity contribution in [2.75, 3.05) is 13.1 Å². The van der Waals surface area contributed by atoms with Crippen LogP contribution in [-0.4, -0.2) is 48.2 Å². The lowest BCUT2D eigenvalue weighted by Crippen LogP contribution is -2.51. The molecule has 136 valence electrons. The molecular weight excluding hydrogens is 306 g/mol. The number of hydrogen-bond donors (Lipinski definition) is 0. The topological polar surface area (TPSA) is 55.8 Å². The number of esters is 1. The van der Waals surface area contributed by atoms with E-state index in [9.17, 15) is 9.59 Å². The highest BCUT2D eigenvalue weighted by molar-refractivity contribution is 5.85. The molecule has 2 aliphatic rings. The standard InChI is InChI=1S/C19H31NO4/c1-11(2)8-15-16(19(15,6)7)18(22)24-14(5)17(21)20-9-12(3)23-13(4)10-20/h8,12-16H,9-10H2,1-7H3/t12-,13-,14+,15+,16+/m0/s1. The third kappa shape index (κ3) is 4.00. The maximum Gasteiger partial charge on any atom is 0.310 e. The van der Waals surface area contributed by atoms with E-state index in [2.05, 4.69) is 19.9 Å². The van der Waals surface area contributed by atoms with Gasteiger partial charge in [-0.1, -0.05) is 25.5 Å². The Labute approximate surface area is 145 Å². The van der Waals surface area contributed by atoms with Crippen molar-refractivity contribution in [2.45, 2.75) is 66.8 Å². The minimum absolute atomic E-state index is 0.00464. The Morgan fingerprint density at radius 2 is 1.75 bits per heavy atom. The summed E-state index contributed by atoms with van der Waals surface area (Å²) in [5.74, 6) is -0.369. The van der Waals surface area contributed by atoms with E-state index in [1.807, 2.05) is 27.7 Å². The molecule has 1 aliphatic carbocycles. The molecule has 1 amide bonds. The maximum atomic E-state index is 12.6. The Morgan fingerprint density at radius 3 is 2.25 bits per heavy atom. The average Bonchev–Trinajstić information content (AvgIpc) is 2.96. The number of carbonyl (C=O) groups is 2. The van der Waals surface area contributed by atoms with Gasteiger partial charge in [-0.05, 0) is 46.0 Å². The summed E-state index contributed by atoms with van der Waals surface area (Å²) in [5.41, 5.74) is 1.10. The van der Waals surface area contributed by atoms with Gasteiger partial charge in [0.2, 0.25) is 0 Å². The third-order valence-electron chi connectivity index (χ3n) is 5.05. The highest BCUT2D eigenvalue weighted by Crippen LogP contribution is 2.59. The van der Waals surface area contributed by atoms with E-state index in [-0.39, 0.29) is 41.3 Å². The van der Waals surface area contributed by atoms with Gasteiger partial charge in [-0.3, -0.25) is 9.59 Å². The number of hydrogen-bond acceptors (Lipinski definition) is 4. The first-order chi connectivity index (χ1) is 11.0. The van der Waals surface area contributed by atoms with Gasteiger partial charge < -0.3 is 14.4 Å². The summed E-state index contributed by atoms with van der Waals surface area (Å²) in [7, 11) is 0. The molecule has 5 atom stereocenters. The summed E-state index contributed by atoms with van der Waals surface area (Å²) in [6.07, 6.45) is 1.39. The molecule has 0 radical (unpaired) electrons. The van der Waals surface area contributed by atoms with Gasteiger partial charge in [0.05, 0.1) is 18.1 Å². The van der Waals surface area contributed by atoms with Gasteiger partial charge >= 0.3 is 5.97 Å². The minimum Gasteiger partial charge on any atom is -0.452 e. The van der Waals surface area contributed by atoms with Gasteiger partial charge in [-0.25, -0.2) is 0 Å². The first-order valence-corrected chi connectivity index (χ1v) is 8.83. The van der Waals surface area contributed by atoms with Crippen molar-refractivity contribution in [2.24, 2.45) is 17.3 Å². The molecule has 0 spiro atoms. The van der Waals surface area contributed by atoms with Gasteiger partial charge in [0.1, 0.15) is 0 Å². The van der Waals surface area contributed by atoms with Gasteiger partial charge in [0, 0.05) is 13.1 Å². The van der Waals surface area contributed by atoms with Crippen LogP contribution in [0.15, 0.2) is 11.6 Å². The Hall–Kier alpha value is -1.36. The van der Waals surface area contributed by atoms with E-state index < -0.39 is 6.10 Å². The second kappa shape index (κ2) is 6.87. The van der Waals surface area contributed by atoms with Crippen LogP contribution in [0.25, 0.3) is 0 Å². The van der Waals surface area contributed by atoms with Gasteiger partial charge in [0.25, 0.3) is 5.91 Å². The van der Waals surface area contributed by atoms with Crippen molar-refractivity contribution in [3.63, 3.8) is 0 Å². The molecule has 2 fully saturated rings. The SMILES string of the molecule is CC(C)=C[C@@H]1[C@H](C(=O)O[C@H](C)C(=O)N2C[C@H](C)O[C@@H](C)C2)C1(C)C. The summed E-state index contributed by atoms with van der Waals surface area (Å²) >= 11 is 0. The Bertz CT molecular complexity index is 525. The Kier molecular flexibility index (Phi) is 5.43. The quantitative estimate of drug-likeness (QED) is 0.585. The van der Waals surface area contributed by atoms with Crippen LogP contribution >= 0.6 is 0 Å². The van der Waals surface area contributed by atoms with E-state index in [1.165, 1.54) is 5.57 Å². The molecule has 0 N–H and O–H groups in total. The van der Waals surface area contributed by atoms with Crippen molar-refractivity contribution < 1.29 is 19.1 Å². The fourth-order valence-corrected chi connectivity index (χ4v) is 3.71. The molecule has 1 aliphatic heterocycles. The Morgan fingerprint density at radius 1 is 1.21 bits per heavy atom. The lowest BCUT2D eigenvalue weighted by molar-refractivity contribution is -0.165. The summed E-state index contributed by atoms with van der Waals surface area (Å²) < 4.78 is 11.2. The largest absolute Gasteiger partial charge is 0.452 e. The van der Waals surface area contributed by atoms with Crippen LogP contribution in [0.5, 0.6) is 0 Å². The molecule has 1 saturated carbocycles. The molecule has 0 aromatic carbocycles. The van der Waals surface area contributed by atoms with Crippen molar-refractivity contribution in [1.29, 1.82) is 0 Å². The predicted octanol–water partition coefficient (Wildman–Crippen LogP) is 2.79. The van der Waals surface area contributed by atoms with E-state index in [1.54, 1.807) is 11.8 Å². The summed E-state index contributed by atoms with van der Waals surface area (Å²) in [6, 6.07) is 0. The van der Waals surface area contributed by atoms with Crippen molar-refractivity contribution in [1.82, 2.24) is 4.90 Å². The minimum atomic E-state index is -0.751. The highest BCUT2D eigenvalue weighted by Gasteiger charge is 2.61. The number of morpholine rings is 1. The van der Waals surface area contributed by atoms with Crippen LogP contribution in [-0.2, 0) is 19.1 Å². The van der Waals surface area contributed by atoms with Crippen molar-refractivity contribution in [3.05, 3.63) is 11.6 Å². The van der Waals surface area contributed by atoms with E-state index in [0.29, 0.717) is 13.1 Å². The molecule has 5 nitrogen and oxygen atoms in total. The number of allylic oxidation sites excluding steroid dienone is 2. The zero-order chi connectivity index (χ0) is 18.2. The first-order valence-electron chi connectivity index (χ1n) is 8.83. The normalized spacial score (nSPS) is 32.7. The number of carbonyl (C=O) groups excluding carboxylic acids is 2. The van der Waals surface area contributed by atoms with Crippen molar-refractivity contribution in [3.8, 4) is 0 Å². The smallest absolute Gasteiger partial charge is 0.310 e. The zero-order valence-electron chi connectivity index (χ0n) is 16.0.